The molecule has 0 amide bonds. The van der Waals surface area contributed by atoms with Crippen LogP contribution < -0.4 is 9.47 Å². The molecular weight excluding hydrogens is 284 g/mol. The number of hydrogen-bond donors (Lipinski definition) is 0. The summed E-state index contributed by atoms with van der Waals surface area (Å²) >= 11 is 0. The molecule has 0 radical (unpaired) electrons. The molecule has 0 saturated carbocycles. The predicted molar refractivity (Wildman–Crippen MR) is 85.8 cm³/mol. The van der Waals surface area contributed by atoms with Gasteiger partial charge in [0.1, 0.15) is 5.75 Å². The molecule has 0 aliphatic rings. The molecule has 0 spiro atoms. The normalized spacial score (nSPS) is 11.4. The zero-order chi connectivity index (χ0) is 16.5. The minimum atomic E-state index is -0.388. The Morgan fingerprint density at radius 3 is 2.55 bits per heavy atom. The third-order valence-electron chi connectivity index (χ3n) is 3.40. The van der Waals surface area contributed by atoms with Gasteiger partial charge in [-0.1, -0.05) is 26.7 Å². The van der Waals surface area contributed by atoms with Crippen LogP contribution in [-0.4, -0.2) is 24.1 Å². The zero-order valence-corrected chi connectivity index (χ0v) is 13.7. The Hall–Kier alpha value is -2.11. The van der Waals surface area contributed by atoms with E-state index in [0.29, 0.717) is 23.6 Å². The molecule has 22 heavy (non-hydrogen) atoms. The van der Waals surface area contributed by atoms with E-state index < -0.39 is 0 Å². The first-order valence-electron chi connectivity index (χ1n) is 7.54. The number of allylic oxidation sites excluding steroid dienone is 1. The number of rotatable bonds is 9. The Kier molecular flexibility index (Phi) is 7.36. The van der Waals surface area contributed by atoms with Crippen LogP contribution in [0, 0.1) is 10.1 Å². The van der Waals surface area contributed by atoms with Crippen molar-refractivity contribution in [3.05, 3.63) is 33.1 Å². The molecule has 122 valence electrons. The van der Waals surface area contributed by atoms with E-state index in [4.69, 9.17) is 9.47 Å². The minimum absolute atomic E-state index is 0.112. The van der Waals surface area contributed by atoms with E-state index in [1.807, 2.05) is 0 Å². The first kappa shape index (κ1) is 17.9. The fourth-order valence-corrected chi connectivity index (χ4v) is 2.16. The van der Waals surface area contributed by atoms with Crippen molar-refractivity contribution in [3.63, 3.8) is 0 Å². The quantitative estimate of drug-likeness (QED) is 0.393. The molecule has 6 heteroatoms. The predicted octanol–water partition coefficient (Wildman–Crippen LogP) is 3.86. The van der Waals surface area contributed by atoms with Crippen molar-refractivity contribution in [1.82, 2.24) is 4.98 Å². The number of aryl methyl sites for hydroxylation is 1. The summed E-state index contributed by atoms with van der Waals surface area (Å²) in [6.45, 7) is 3.88. The van der Waals surface area contributed by atoms with Gasteiger partial charge in [-0.3, -0.25) is 10.1 Å². The molecule has 1 rings (SSSR count). The first-order chi connectivity index (χ1) is 10.6. The van der Waals surface area contributed by atoms with Gasteiger partial charge in [0.05, 0.1) is 24.8 Å². The van der Waals surface area contributed by atoms with Crippen LogP contribution in [0.5, 0.6) is 11.6 Å². The molecule has 0 aliphatic heterocycles. The van der Waals surface area contributed by atoms with Gasteiger partial charge in [-0.25, -0.2) is 4.98 Å². The monoisotopic (exact) mass is 308 g/mol. The lowest BCUT2D eigenvalue weighted by atomic mass is 10.1. The second kappa shape index (κ2) is 9.02. The summed E-state index contributed by atoms with van der Waals surface area (Å²) in [6, 6.07) is 1.76. The summed E-state index contributed by atoms with van der Waals surface area (Å²) in [5, 5.41) is 11.0. The standard InChI is InChI=1S/C16H24N2O4/c1-5-7-8-9-14-15(21-3)11-12(16(17-14)22-4)10-13(6-2)18(19)20/h10-11H,5-9H2,1-4H3. The van der Waals surface area contributed by atoms with Gasteiger partial charge in [0.2, 0.25) is 11.6 Å². The molecular formula is C16H24N2O4. The van der Waals surface area contributed by atoms with Crippen LogP contribution in [0.25, 0.3) is 6.08 Å². The summed E-state index contributed by atoms with van der Waals surface area (Å²) in [5.74, 6) is 1.03. The Labute approximate surface area is 131 Å². The lowest BCUT2D eigenvalue weighted by molar-refractivity contribution is -0.425. The van der Waals surface area contributed by atoms with E-state index in [1.165, 1.54) is 13.2 Å². The number of pyridine rings is 1. The number of unbranched alkanes of at least 4 members (excludes halogenated alkanes) is 2. The van der Waals surface area contributed by atoms with Crippen LogP contribution >= 0.6 is 0 Å². The summed E-state index contributed by atoms with van der Waals surface area (Å²) in [7, 11) is 3.09. The third-order valence-corrected chi connectivity index (χ3v) is 3.40. The molecule has 0 atom stereocenters. The van der Waals surface area contributed by atoms with Gasteiger partial charge in [-0.2, -0.15) is 0 Å². The minimum Gasteiger partial charge on any atom is -0.495 e. The van der Waals surface area contributed by atoms with Gasteiger partial charge in [-0.15, -0.1) is 0 Å². The van der Waals surface area contributed by atoms with Gasteiger partial charge < -0.3 is 9.47 Å². The molecule has 0 unspecified atom stereocenters. The second-order valence-corrected chi connectivity index (χ2v) is 4.94. The molecule has 0 aromatic carbocycles. The number of nitrogens with zero attached hydrogens (tertiary/aromatic N) is 2. The van der Waals surface area contributed by atoms with Crippen LogP contribution in [0.4, 0.5) is 0 Å². The summed E-state index contributed by atoms with van der Waals surface area (Å²) in [6.07, 6.45) is 5.89. The smallest absolute Gasteiger partial charge is 0.246 e. The highest BCUT2D eigenvalue weighted by Gasteiger charge is 2.15. The van der Waals surface area contributed by atoms with Gasteiger partial charge in [-0.05, 0) is 18.9 Å². The molecule has 0 N–H and O–H groups in total. The van der Waals surface area contributed by atoms with Gasteiger partial charge in [0.15, 0.2) is 0 Å². The molecule has 1 aromatic rings. The summed E-state index contributed by atoms with van der Waals surface area (Å²) in [4.78, 5) is 15.1. The van der Waals surface area contributed by atoms with E-state index in [2.05, 4.69) is 11.9 Å². The van der Waals surface area contributed by atoms with E-state index in [0.717, 1.165) is 31.4 Å². The molecule has 0 bridgehead atoms. The molecule has 1 heterocycles. The van der Waals surface area contributed by atoms with Gasteiger partial charge in [0, 0.05) is 18.1 Å². The third kappa shape index (κ3) is 4.72. The Bertz CT molecular complexity index is 541. The molecule has 0 fully saturated rings. The number of methoxy groups -OCH3 is 2. The molecule has 0 aliphatic carbocycles. The summed E-state index contributed by atoms with van der Waals surface area (Å²) in [5.41, 5.74) is 1.50. The molecule has 1 aromatic heterocycles. The maximum Gasteiger partial charge on any atom is 0.246 e. The lowest BCUT2D eigenvalue weighted by Crippen LogP contribution is -2.02. The van der Waals surface area contributed by atoms with Gasteiger partial charge >= 0.3 is 0 Å². The fourth-order valence-electron chi connectivity index (χ4n) is 2.16. The van der Waals surface area contributed by atoms with Crippen molar-refractivity contribution < 1.29 is 14.4 Å². The number of nitro groups is 1. The average molecular weight is 308 g/mol. The van der Waals surface area contributed by atoms with Crippen molar-refractivity contribution in [2.75, 3.05) is 14.2 Å². The maximum atomic E-state index is 11.0. The van der Waals surface area contributed by atoms with Crippen LogP contribution in [-0.2, 0) is 6.42 Å². The van der Waals surface area contributed by atoms with Crippen molar-refractivity contribution in [2.24, 2.45) is 0 Å². The maximum absolute atomic E-state index is 11.0. The Morgan fingerprint density at radius 1 is 1.32 bits per heavy atom. The van der Waals surface area contributed by atoms with Crippen LogP contribution in [0.1, 0.15) is 50.8 Å². The molecule has 0 saturated heterocycles. The lowest BCUT2D eigenvalue weighted by Gasteiger charge is -2.12. The van der Waals surface area contributed by atoms with Gasteiger partial charge in [0.25, 0.3) is 0 Å². The highest BCUT2D eigenvalue weighted by atomic mass is 16.6. The van der Waals surface area contributed by atoms with Crippen molar-refractivity contribution in [3.8, 4) is 11.6 Å². The van der Waals surface area contributed by atoms with E-state index >= 15 is 0 Å². The van der Waals surface area contributed by atoms with Crippen LogP contribution in [0.2, 0.25) is 0 Å². The highest BCUT2D eigenvalue weighted by molar-refractivity contribution is 5.59. The number of ether oxygens (including phenoxy) is 2. The zero-order valence-electron chi connectivity index (χ0n) is 13.7. The fraction of sp³-hybridized carbons (Fsp3) is 0.562. The topological polar surface area (TPSA) is 74.5 Å². The van der Waals surface area contributed by atoms with Crippen molar-refractivity contribution in [1.29, 1.82) is 0 Å². The van der Waals surface area contributed by atoms with E-state index in [-0.39, 0.29) is 10.6 Å². The SMILES string of the molecule is CCCCCc1nc(OC)c(C=C(CC)[N+](=O)[O-])cc1OC. The average Bonchev–Trinajstić information content (AvgIpc) is 2.52. The van der Waals surface area contributed by atoms with E-state index in [9.17, 15) is 10.1 Å². The summed E-state index contributed by atoms with van der Waals surface area (Å²) < 4.78 is 10.7. The molecule has 6 nitrogen and oxygen atoms in total. The second-order valence-electron chi connectivity index (χ2n) is 4.94. The number of aromatic nitrogens is 1. The van der Waals surface area contributed by atoms with Crippen LogP contribution in [0.15, 0.2) is 11.8 Å². The Balaban J connectivity index is 3.21. The Morgan fingerprint density at radius 2 is 2.05 bits per heavy atom. The van der Waals surface area contributed by atoms with Crippen LogP contribution in [0.3, 0.4) is 0 Å². The number of hydrogen-bond acceptors (Lipinski definition) is 5. The highest BCUT2D eigenvalue weighted by Crippen LogP contribution is 2.28. The first-order valence-corrected chi connectivity index (χ1v) is 7.54. The van der Waals surface area contributed by atoms with Crippen molar-refractivity contribution >= 4 is 6.08 Å². The van der Waals surface area contributed by atoms with E-state index in [1.54, 1.807) is 20.1 Å². The largest absolute Gasteiger partial charge is 0.495 e. The van der Waals surface area contributed by atoms with Crippen molar-refractivity contribution in [2.45, 2.75) is 46.0 Å².